The average Bonchev–Trinajstić information content (AvgIpc) is 2.26. The summed E-state index contributed by atoms with van der Waals surface area (Å²) in [5.41, 5.74) is 1.15. The van der Waals surface area contributed by atoms with Gasteiger partial charge >= 0.3 is 10.1 Å². The highest BCUT2D eigenvalue weighted by molar-refractivity contribution is 7.87. The molecule has 0 amide bonds. The highest BCUT2D eigenvalue weighted by Gasteiger charge is 2.12. The Hall–Kier alpha value is -1.07. The summed E-state index contributed by atoms with van der Waals surface area (Å²) in [4.78, 5) is 0. The quantitative estimate of drug-likeness (QED) is 0.734. The summed E-state index contributed by atoms with van der Waals surface area (Å²) in [5, 5.41) is 0. The topological polar surface area (TPSA) is 52.6 Å². The molecule has 1 aromatic carbocycles. The van der Waals surface area contributed by atoms with Crippen LogP contribution >= 0.6 is 0 Å². The smallest absolute Gasteiger partial charge is 0.311 e. The first-order chi connectivity index (χ1) is 7.94. The third kappa shape index (κ3) is 4.75. The SMILES string of the molecule is COCCS(=O)(=O)Oc1ccc(C(C)C)cc1. The first-order valence-electron chi connectivity index (χ1n) is 5.45. The van der Waals surface area contributed by atoms with Gasteiger partial charge in [0.2, 0.25) is 0 Å². The van der Waals surface area contributed by atoms with Gasteiger partial charge in [0.25, 0.3) is 0 Å². The minimum absolute atomic E-state index is 0.131. The molecule has 1 aromatic rings. The lowest BCUT2D eigenvalue weighted by Crippen LogP contribution is -2.17. The zero-order valence-electron chi connectivity index (χ0n) is 10.3. The summed E-state index contributed by atoms with van der Waals surface area (Å²) in [7, 11) is -2.10. The maximum atomic E-state index is 11.5. The molecule has 96 valence electrons. The van der Waals surface area contributed by atoms with E-state index in [0.29, 0.717) is 11.7 Å². The summed E-state index contributed by atoms with van der Waals surface area (Å²) in [6.07, 6.45) is 0. The van der Waals surface area contributed by atoms with E-state index in [1.807, 2.05) is 12.1 Å². The van der Waals surface area contributed by atoms with Gasteiger partial charge in [-0.2, -0.15) is 8.42 Å². The van der Waals surface area contributed by atoms with Gasteiger partial charge in [-0.25, -0.2) is 0 Å². The molecule has 4 nitrogen and oxygen atoms in total. The van der Waals surface area contributed by atoms with Crippen LogP contribution in [0, 0.1) is 0 Å². The first kappa shape index (κ1) is 14.0. The van der Waals surface area contributed by atoms with Crippen LogP contribution in [0.4, 0.5) is 0 Å². The molecule has 0 spiro atoms. The Bertz CT molecular complexity index is 434. The van der Waals surface area contributed by atoms with E-state index in [0.717, 1.165) is 5.56 Å². The Morgan fingerprint density at radius 2 is 1.76 bits per heavy atom. The fourth-order valence-corrected chi connectivity index (χ4v) is 2.14. The Balaban J connectivity index is 2.69. The van der Waals surface area contributed by atoms with E-state index in [4.69, 9.17) is 8.92 Å². The van der Waals surface area contributed by atoms with Gasteiger partial charge in [-0.05, 0) is 23.6 Å². The minimum atomic E-state index is -3.55. The van der Waals surface area contributed by atoms with Crippen LogP contribution in [0.2, 0.25) is 0 Å². The molecular weight excluding hydrogens is 240 g/mol. The molecule has 5 heteroatoms. The van der Waals surface area contributed by atoms with E-state index in [2.05, 4.69) is 13.8 Å². The molecule has 0 radical (unpaired) electrons. The number of hydrogen-bond donors (Lipinski definition) is 0. The molecule has 0 aliphatic carbocycles. The standard InChI is InChI=1S/C12H18O4S/c1-10(2)11-4-6-12(7-5-11)16-17(13,14)9-8-15-3/h4-7,10H,8-9H2,1-3H3. The van der Waals surface area contributed by atoms with Crippen LogP contribution in [0.1, 0.15) is 25.3 Å². The number of benzene rings is 1. The molecular formula is C12H18O4S. The monoisotopic (exact) mass is 258 g/mol. The van der Waals surface area contributed by atoms with Gasteiger partial charge in [0.1, 0.15) is 11.5 Å². The van der Waals surface area contributed by atoms with Gasteiger partial charge in [0.05, 0.1) is 6.61 Å². The van der Waals surface area contributed by atoms with Crippen molar-refractivity contribution >= 4 is 10.1 Å². The van der Waals surface area contributed by atoms with Gasteiger partial charge in [-0.15, -0.1) is 0 Å². The number of methoxy groups -OCH3 is 1. The predicted octanol–water partition coefficient (Wildman–Crippen LogP) is 2.17. The van der Waals surface area contributed by atoms with Crippen molar-refractivity contribution in [3.8, 4) is 5.75 Å². The molecule has 0 saturated carbocycles. The van der Waals surface area contributed by atoms with Crippen LogP contribution < -0.4 is 4.18 Å². The Morgan fingerprint density at radius 3 is 2.24 bits per heavy atom. The molecule has 0 atom stereocenters. The van der Waals surface area contributed by atoms with Crippen LogP contribution in [0.5, 0.6) is 5.75 Å². The third-order valence-corrected chi connectivity index (χ3v) is 3.42. The van der Waals surface area contributed by atoms with E-state index in [1.54, 1.807) is 12.1 Å². The number of ether oxygens (including phenoxy) is 1. The molecule has 17 heavy (non-hydrogen) atoms. The zero-order chi connectivity index (χ0) is 12.9. The van der Waals surface area contributed by atoms with Crippen molar-refractivity contribution in [2.45, 2.75) is 19.8 Å². The summed E-state index contributed by atoms with van der Waals surface area (Å²) in [5.74, 6) is 0.606. The molecule has 0 unspecified atom stereocenters. The van der Waals surface area contributed by atoms with Crippen LogP contribution in [0.25, 0.3) is 0 Å². The van der Waals surface area contributed by atoms with Gasteiger partial charge in [0, 0.05) is 7.11 Å². The lowest BCUT2D eigenvalue weighted by molar-refractivity contribution is 0.215. The minimum Gasteiger partial charge on any atom is -0.383 e. The molecule has 0 N–H and O–H groups in total. The number of hydrogen-bond acceptors (Lipinski definition) is 4. The van der Waals surface area contributed by atoms with E-state index in [1.165, 1.54) is 7.11 Å². The lowest BCUT2D eigenvalue weighted by atomic mass is 10.0. The van der Waals surface area contributed by atoms with Crippen molar-refractivity contribution in [2.75, 3.05) is 19.5 Å². The predicted molar refractivity (Wildman–Crippen MR) is 66.8 cm³/mol. The van der Waals surface area contributed by atoms with Crippen molar-refractivity contribution in [1.29, 1.82) is 0 Å². The fraction of sp³-hybridized carbons (Fsp3) is 0.500. The summed E-state index contributed by atoms with van der Waals surface area (Å²) in [6.45, 7) is 4.28. The first-order valence-corrected chi connectivity index (χ1v) is 7.03. The molecule has 0 aliphatic rings. The molecule has 0 heterocycles. The van der Waals surface area contributed by atoms with Crippen molar-refractivity contribution in [3.05, 3.63) is 29.8 Å². The van der Waals surface area contributed by atoms with Crippen molar-refractivity contribution in [2.24, 2.45) is 0 Å². The third-order valence-electron chi connectivity index (χ3n) is 2.31. The molecule has 0 fully saturated rings. The summed E-state index contributed by atoms with van der Waals surface area (Å²) >= 11 is 0. The summed E-state index contributed by atoms with van der Waals surface area (Å²) < 4.78 is 32.6. The second kappa shape index (κ2) is 6.02. The van der Waals surface area contributed by atoms with Gasteiger partial charge in [-0.3, -0.25) is 0 Å². The zero-order valence-corrected chi connectivity index (χ0v) is 11.2. The van der Waals surface area contributed by atoms with E-state index < -0.39 is 10.1 Å². The van der Waals surface area contributed by atoms with Crippen molar-refractivity contribution in [1.82, 2.24) is 0 Å². The Labute approximate surface area is 103 Å². The molecule has 0 aliphatic heterocycles. The Kier molecular flexibility index (Phi) is 4.96. The van der Waals surface area contributed by atoms with E-state index >= 15 is 0 Å². The van der Waals surface area contributed by atoms with Crippen molar-refractivity contribution in [3.63, 3.8) is 0 Å². The second-order valence-electron chi connectivity index (χ2n) is 4.06. The Morgan fingerprint density at radius 1 is 1.18 bits per heavy atom. The van der Waals surface area contributed by atoms with E-state index in [-0.39, 0.29) is 12.4 Å². The lowest BCUT2D eigenvalue weighted by Gasteiger charge is -2.08. The van der Waals surface area contributed by atoms with Crippen molar-refractivity contribution < 1.29 is 17.3 Å². The normalized spacial score (nSPS) is 11.8. The van der Waals surface area contributed by atoms with Gasteiger partial charge in [-0.1, -0.05) is 26.0 Å². The fourth-order valence-electron chi connectivity index (χ4n) is 1.28. The van der Waals surface area contributed by atoms with Gasteiger partial charge < -0.3 is 8.92 Å². The summed E-state index contributed by atoms with van der Waals surface area (Å²) in [6, 6.07) is 7.07. The molecule has 0 saturated heterocycles. The average molecular weight is 258 g/mol. The van der Waals surface area contributed by atoms with Crippen LogP contribution in [-0.2, 0) is 14.9 Å². The van der Waals surface area contributed by atoms with Crippen LogP contribution in [0.3, 0.4) is 0 Å². The highest BCUT2D eigenvalue weighted by atomic mass is 32.2. The van der Waals surface area contributed by atoms with E-state index in [9.17, 15) is 8.42 Å². The maximum Gasteiger partial charge on any atom is 0.311 e. The van der Waals surface area contributed by atoms with Gasteiger partial charge in [0.15, 0.2) is 0 Å². The molecule has 0 bridgehead atoms. The molecule has 1 rings (SSSR count). The highest BCUT2D eigenvalue weighted by Crippen LogP contribution is 2.19. The number of rotatable bonds is 6. The second-order valence-corrected chi connectivity index (χ2v) is 5.75. The van der Waals surface area contributed by atoms with Crippen LogP contribution in [-0.4, -0.2) is 27.9 Å². The van der Waals surface area contributed by atoms with Crippen LogP contribution in [0.15, 0.2) is 24.3 Å². The molecule has 0 aromatic heterocycles. The largest absolute Gasteiger partial charge is 0.383 e. The maximum absolute atomic E-state index is 11.5.